The van der Waals surface area contributed by atoms with E-state index in [9.17, 15) is 0 Å². The maximum Gasteiger partial charge on any atom is 0.199 e. The van der Waals surface area contributed by atoms with Gasteiger partial charge in [0.15, 0.2) is 5.06 Å². The number of benzene rings is 1. The molecule has 0 bridgehead atoms. The third-order valence-corrected chi connectivity index (χ3v) is 2.38. The fraction of sp³-hybridized carbons (Fsp3) is 0.250. The standard InChI is InChI=1S/C8H9Cl2NO/c9-8(6-11,12-10)7-4-2-1-3-5-7/h1-5H,6,11H2. The van der Waals surface area contributed by atoms with Crippen LogP contribution in [0.5, 0.6) is 0 Å². The lowest BCUT2D eigenvalue weighted by Crippen LogP contribution is -2.29. The summed E-state index contributed by atoms with van der Waals surface area (Å²) in [4.78, 5) is 0. The Morgan fingerprint density at radius 1 is 1.33 bits per heavy atom. The molecule has 4 heteroatoms. The predicted octanol–water partition coefficient (Wildman–Crippen LogP) is 2.21. The summed E-state index contributed by atoms with van der Waals surface area (Å²) in [6.07, 6.45) is 0. The lowest BCUT2D eigenvalue weighted by Gasteiger charge is -2.21. The summed E-state index contributed by atoms with van der Waals surface area (Å²) in [6.45, 7) is 0.127. The molecule has 0 aromatic heterocycles. The van der Waals surface area contributed by atoms with Crippen molar-refractivity contribution in [1.82, 2.24) is 0 Å². The number of hydrogen-bond acceptors (Lipinski definition) is 2. The third-order valence-electron chi connectivity index (χ3n) is 1.59. The Bertz CT molecular complexity index is 236. The lowest BCUT2D eigenvalue weighted by molar-refractivity contribution is 0.187. The molecule has 1 aromatic rings. The summed E-state index contributed by atoms with van der Waals surface area (Å²) < 4.78 is 4.59. The van der Waals surface area contributed by atoms with Gasteiger partial charge in [0.25, 0.3) is 0 Å². The zero-order chi connectivity index (χ0) is 9.03. The second-order valence-electron chi connectivity index (χ2n) is 2.38. The summed E-state index contributed by atoms with van der Waals surface area (Å²) in [5.74, 6) is 0. The van der Waals surface area contributed by atoms with E-state index in [1.54, 1.807) is 0 Å². The molecule has 2 nitrogen and oxygen atoms in total. The Morgan fingerprint density at radius 2 is 1.92 bits per heavy atom. The Kier molecular flexibility index (Phi) is 3.35. The first-order valence-electron chi connectivity index (χ1n) is 3.47. The van der Waals surface area contributed by atoms with Crippen LogP contribution in [0.3, 0.4) is 0 Å². The molecule has 0 aliphatic carbocycles. The van der Waals surface area contributed by atoms with Gasteiger partial charge >= 0.3 is 0 Å². The minimum absolute atomic E-state index is 0.127. The third kappa shape index (κ3) is 1.90. The second kappa shape index (κ2) is 4.10. The Hall–Kier alpha value is -0.280. The van der Waals surface area contributed by atoms with E-state index < -0.39 is 5.06 Å². The summed E-state index contributed by atoms with van der Waals surface area (Å²) >= 11 is 11.2. The molecular weight excluding hydrogens is 197 g/mol. The Labute approximate surface area is 81.4 Å². The van der Waals surface area contributed by atoms with Gasteiger partial charge in [0.2, 0.25) is 0 Å². The molecule has 0 aliphatic heterocycles. The molecular formula is C8H9Cl2NO. The zero-order valence-corrected chi connectivity index (χ0v) is 7.85. The number of rotatable bonds is 3. The van der Waals surface area contributed by atoms with Crippen LogP contribution in [0, 0.1) is 0 Å². The largest absolute Gasteiger partial charge is 0.326 e. The van der Waals surface area contributed by atoms with Gasteiger partial charge in [-0.05, 0) is 0 Å². The molecule has 0 radical (unpaired) electrons. The van der Waals surface area contributed by atoms with Crippen molar-refractivity contribution in [3.05, 3.63) is 35.9 Å². The van der Waals surface area contributed by atoms with Gasteiger partial charge in [-0.2, -0.15) is 0 Å². The molecule has 0 amide bonds. The summed E-state index contributed by atoms with van der Waals surface area (Å²) in [5.41, 5.74) is 6.16. The molecule has 0 spiro atoms. The van der Waals surface area contributed by atoms with E-state index in [1.165, 1.54) is 0 Å². The van der Waals surface area contributed by atoms with Gasteiger partial charge in [-0.1, -0.05) is 41.9 Å². The molecule has 66 valence electrons. The van der Waals surface area contributed by atoms with Crippen molar-refractivity contribution in [3.63, 3.8) is 0 Å². The van der Waals surface area contributed by atoms with Gasteiger partial charge in [0.05, 0.1) is 11.9 Å². The molecule has 1 atom stereocenters. The SMILES string of the molecule is NCC(Cl)(OCl)c1ccccc1. The highest BCUT2D eigenvalue weighted by atomic mass is 35.5. The number of halogens is 2. The molecule has 12 heavy (non-hydrogen) atoms. The fourth-order valence-corrected chi connectivity index (χ4v) is 1.16. The van der Waals surface area contributed by atoms with E-state index in [0.717, 1.165) is 5.56 Å². The van der Waals surface area contributed by atoms with Crippen LogP contribution in [0.25, 0.3) is 0 Å². The summed E-state index contributed by atoms with van der Waals surface area (Å²) in [7, 11) is 0. The van der Waals surface area contributed by atoms with E-state index in [2.05, 4.69) is 4.29 Å². The predicted molar refractivity (Wildman–Crippen MR) is 50.0 cm³/mol. The van der Waals surface area contributed by atoms with E-state index in [0.29, 0.717) is 0 Å². The Balaban J connectivity index is 2.95. The highest BCUT2D eigenvalue weighted by Crippen LogP contribution is 2.30. The molecule has 0 fully saturated rings. The highest BCUT2D eigenvalue weighted by molar-refractivity contribution is 6.25. The van der Waals surface area contributed by atoms with Gasteiger partial charge in [-0.25, -0.2) is 4.29 Å². The first kappa shape index (κ1) is 9.81. The molecule has 2 N–H and O–H groups in total. The fourth-order valence-electron chi connectivity index (χ4n) is 0.881. The number of nitrogens with two attached hydrogens (primary N) is 1. The molecule has 1 unspecified atom stereocenters. The molecule has 1 aromatic carbocycles. The summed E-state index contributed by atoms with van der Waals surface area (Å²) in [6, 6.07) is 9.19. The maximum absolute atomic E-state index is 5.95. The quantitative estimate of drug-likeness (QED) is 0.769. The van der Waals surface area contributed by atoms with E-state index in [4.69, 9.17) is 29.2 Å². The first-order chi connectivity index (χ1) is 5.73. The molecule has 1 rings (SSSR count). The van der Waals surface area contributed by atoms with Gasteiger partial charge < -0.3 is 5.73 Å². The van der Waals surface area contributed by atoms with Crippen molar-refractivity contribution in [2.75, 3.05) is 6.54 Å². The van der Waals surface area contributed by atoms with E-state index in [-0.39, 0.29) is 6.54 Å². The molecule has 0 aliphatic rings. The first-order valence-corrected chi connectivity index (χ1v) is 4.16. The van der Waals surface area contributed by atoms with Crippen LogP contribution in [0.4, 0.5) is 0 Å². The minimum atomic E-state index is -1.11. The van der Waals surface area contributed by atoms with Crippen molar-refractivity contribution >= 4 is 23.5 Å². The van der Waals surface area contributed by atoms with E-state index >= 15 is 0 Å². The van der Waals surface area contributed by atoms with Gasteiger partial charge in [-0.15, -0.1) is 0 Å². The van der Waals surface area contributed by atoms with Crippen LogP contribution in [0.2, 0.25) is 0 Å². The van der Waals surface area contributed by atoms with E-state index in [1.807, 2.05) is 30.3 Å². The normalized spacial score (nSPS) is 15.6. The van der Waals surface area contributed by atoms with Gasteiger partial charge in [0.1, 0.15) is 0 Å². The maximum atomic E-state index is 5.95. The zero-order valence-electron chi connectivity index (χ0n) is 6.34. The highest BCUT2D eigenvalue weighted by Gasteiger charge is 2.28. The second-order valence-corrected chi connectivity index (χ2v) is 3.14. The lowest BCUT2D eigenvalue weighted by atomic mass is 10.1. The van der Waals surface area contributed by atoms with Crippen LogP contribution in [-0.2, 0) is 9.35 Å². The van der Waals surface area contributed by atoms with Crippen LogP contribution < -0.4 is 5.73 Å². The average molecular weight is 206 g/mol. The van der Waals surface area contributed by atoms with Crippen LogP contribution in [-0.4, -0.2) is 6.54 Å². The van der Waals surface area contributed by atoms with Crippen molar-refractivity contribution in [1.29, 1.82) is 0 Å². The van der Waals surface area contributed by atoms with Gasteiger partial charge in [-0.3, -0.25) is 0 Å². The molecule has 0 saturated carbocycles. The van der Waals surface area contributed by atoms with Crippen molar-refractivity contribution in [2.45, 2.75) is 5.06 Å². The average Bonchev–Trinajstić information content (AvgIpc) is 2.18. The van der Waals surface area contributed by atoms with Crippen molar-refractivity contribution < 1.29 is 4.29 Å². The van der Waals surface area contributed by atoms with Crippen molar-refractivity contribution in [3.8, 4) is 0 Å². The topological polar surface area (TPSA) is 35.2 Å². The summed E-state index contributed by atoms with van der Waals surface area (Å²) in [5, 5.41) is -1.11. The monoisotopic (exact) mass is 205 g/mol. The minimum Gasteiger partial charge on any atom is -0.326 e. The number of hydrogen-bond donors (Lipinski definition) is 1. The Morgan fingerprint density at radius 3 is 2.33 bits per heavy atom. The number of alkyl halides is 1. The van der Waals surface area contributed by atoms with Crippen LogP contribution in [0.15, 0.2) is 30.3 Å². The van der Waals surface area contributed by atoms with Crippen LogP contribution in [0.1, 0.15) is 5.56 Å². The van der Waals surface area contributed by atoms with Crippen molar-refractivity contribution in [2.24, 2.45) is 5.73 Å². The molecule has 0 heterocycles. The van der Waals surface area contributed by atoms with Crippen LogP contribution >= 0.6 is 23.5 Å². The smallest absolute Gasteiger partial charge is 0.199 e. The van der Waals surface area contributed by atoms with Gasteiger partial charge in [0, 0.05) is 12.1 Å². The molecule has 0 saturated heterocycles.